The molecule has 0 saturated heterocycles. The molecule has 26 heavy (non-hydrogen) atoms. The molecule has 0 aliphatic heterocycles. The summed E-state index contributed by atoms with van der Waals surface area (Å²) in [4.78, 5) is 4.01. The fourth-order valence-corrected chi connectivity index (χ4v) is 4.50. The van der Waals surface area contributed by atoms with Gasteiger partial charge >= 0.3 is 0 Å². The number of aromatic nitrogens is 2. The summed E-state index contributed by atoms with van der Waals surface area (Å²) in [6, 6.07) is 17.2. The first kappa shape index (κ1) is 16.6. The predicted octanol–water partition coefficient (Wildman–Crippen LogP) is 4.34. The highest BCUT2D eigenvalue weighted by molar-refractivity contribution is 7.93. The van der Waals surface area contributed by atoms with Gasteiger partial charge < -0.3 is 4.52 Å². The Morgan fingerprint density at radius 3 is 2.46 bits per heavy atom. The van der Waals surface area contributed by atoms with Crippen molar-refractivity contribution >= 4 is 38.1 Å². The Kier molecular flexibility index (Phi) is 4.10. The summed E-state index contributed by atoms with van der Waals surface area (Å²) in [6.45, 7) is 0. The zero-order valence-corrected chi connectivity index (χ0v) is 14.8. The lowest BCUT2D eigenvalue weighted by Gasteiger charge is -2.12. The molecule has 6 nitrogen and oxygen atoms in total. The largest absolute Gasteiger partial charge is 0.342 e. The van der Waals surface area contributed by atoms with Gasteiger partial charge in [-0.05, 0) is 35.7 Å². The second-order valence-corrected chi connectivity index (χ2v) is 7.56. The zero-order valence-electron chi connectivity index (χ0n) is 13.3. The molecular formula is C18H12ClN3O3S. The third-order valence-corrected chi connectivity index (χ3v) is 5.77. The molecule has 4 rings (SSSR count). The minimum Gasteiger partial charge on any atom is -0.342 e. The van der Waals surface area contributed by atoms with E-state index in [1.807, 2.05) is 12.1 Å². The average molecular weight is 386 g/mol. The van der Waals surface area contributed by atoms with E-state index in [9.17, 15) is 8.42 Å². The number of nitrogens with zero attached hydrogens (tertiary/aromatic N) is 2. The number of anilines is 1. The van der Waals surface area contributed by atoms with E-state index >= 15 is 0 Å². The van der Waals surface area contributed by atoms with Gasteiger partial charge in [-0.3, -0.25) is 4.72 Å². The number of nitrogens with one attached hydrogen (secondary N) is 1. The molecular weight excluding hydrogens is 374 g/mol. The molecule has 1 N–H and O–H groups in total. The number of hydrogen-bond acceptors (Lipinski definition) is 5. The fourth-order valence-electron chi connectivity index (χ4n) is 2.68. The Morgan fingerprint density at radius 1 is 0.962 bits per heavy atom. The van der Waals surface area contributed by atoms with Crippen molar-refractivity contribution in [3.8, 4) is 11.4 Å². The Morgan fingerprint density at radius 2 is 1.73 bits per heavy atom. The Labute approximate surface area is 154 Å². The van der Waals surface area contributed by atoms with E-state index in [2.05, 4.69) is 14.9 Å². The van der Waals surface area contributed by atoms with Crippen molar-refractivity contribution in [3.63, 3.8) is 0 Å². The van der Waals surface area contributed by atoms with E-state index in [4.69, 9.17) is 16.1 Å². The average Bonchev–Trinajstić information content (AvgIpc) is 3.16. The maximum Gasteiger partial charge on any atom is 0.264 e. The van der Waals surface area contributed by atoms with E-state index in [1.54, 1.807) is 48.5 Å². The van der Waals surface area contributed by atoms with Crippen molar-refractivity contribution in [2.45, 2.75) is 4.90 Å². The van der Waals surface area contributed by atoms with Crippen LogP contribution in [-0.4, -0.2) is 18.6 Å². The first-order chi connectivity index (χ1) is 12.5. The van der Waals surface area contributed by atoms with Crippen molar-refractivity contribution in [2.24, 2.45) is 0 Å². The van der Waals surface area contributed by atoms with E-state index in [-0.39, 0.29) is 9.92 Å². The molecule has 8 heteroatoms. The highest BCUT2D eigenvalue weighted by Crippen LogP contribution is 2.31. The molecule has 0 bridgehead atoms. The molecule has 1 heterocycles. The summed E-state index contributed by atoms with van der Waals surface area (Å²) in [7, 11) is -3.87. The molecule has 0 aliphatic carbocycles. The smallest absolute Gasteiger partial charge is 0.264 e. The van der Waals surface area contributed by atoms with E-state index in [1.165, 1.54) is 6.39 Å². The number of fused-ring (bicyclic) bond motifs is 1. The molecule has 4 aromatic rings. The Hall–Kier alpha value is -2.90. The number of sulfonamides is 1. The molecule has 1 aromatic heterocycles. The van der Waals surface area contributed by atoms with Gasteiger partial charge in [-0.1, -0.05) is 47.1 Å². The molecule has 0 aliphatic rings. The minimum absolute atomic E-state index is 0.0551. The fraction of sp³-hybridized carbons (Fsp3) is 0. The predicted molar refractivity (Wildman–Crippen MR) is 99.5 cm³/mol. The van der Waals surface area contributed by atoms with Crippen molar-refractivity contribution in [2.75, 3.05) is 4.72 Å². The van der Waals surface area contributed by atoms with Crippen LogP contribution < -0.4 is 4.72 Å². The van der Waals surface area contributed by atoms with Gasteiger partial charge in [-0.15, -0.1) is 0 Å². The van der Waals surface area contributed by atoms with Crippen LogP contribution in [0.5, 0.6) is 0 Å². The van der Waals surface area contributed by atoms with E-state index < -0.39 is 10.0 Å². The topological polar surface area (TPSA) is 85.1 Å². The Balaban J connectivity index is 1.71. The van der Waals surface area contributed by atoms with Crippen LogP contribution in [0.2, 0.25) is 5.02 Å². The van der Waals surface area contributed by atoms with Gasteiger partial charge in [-0.2, -0.15) is 4.98 Å². The Bertz CT molecular complexity index is 1170. The number of benzene rings is 3. The summed E-state index contributed by atoms with van der Waals surface area (Å²) in [5.41, 5.74) is 1.12. The van der Waals surface area contributed by atoms with Crippen LogP contribution in [0.1, 0.15) is 0 Å². The lowest BCUT2D eigenvalue weighted by atomic mass is 10.1. The van der Waals surface area contributed by atoms with Crippen LogP contribution >= 0.6 is 11.6 Å². The zero-order chi connectivity index (χ0) is 18.1. The van der Waals surface area contributed by atoms with Crippen LogP contribution in [0, 0.1) is 0 Å². The van der Waals surface area contributed by atoms with Crippen LogP contribution in [0.25, 0.3) is 22.2 Å². The first-order valence-electron chi connectivity index (χ1n) is 7.61. The van der Waals surface area contributed by atoms with Crippen molar-refractivity contribution in [1.82, 2.24) is 10.1 Å². The third kappa shape index (κ3) is 3.02. The maximum atomic E-state index is 12.9. The second kappa shape index (κ2) is 6.44. The number of hydrogen-bond donors (Lipinski definition) is 1. The van der Waals surface area contributed by atoms with Crippen LogP contribution in [-0.2, 0) is 10.0 Å². The monoisotopic (exact) mass is 385 g/mol. The van der Waals surface area contributed by atoms with E-state index in [0.717, 1.165) is 5.39 Å². The molecule has 0 fully saturated rings. The molecule has 130 valence electrons. The van der Waals surface area contributed by atoms with Crippen LogP contribution in [0.15, 0.2) is 76.5 Å². The summed E-state index contributed by atoms with van der Waals surface area (Å²) in [6.07, 6.45) is 1.23. The van der Waals surface area contributed by atoms with Gasteiger partial charge in [0.05, 0.1) is 5.02 Å². The lowest BCUT2D eigenvalue weighted by molar-refractivity contribution is 0.419. The maximum absolute atomic E-state index is 12.9. The van der Waals surface area contributed by atoms with Gasteiger partial charge in [0.1, 0.15) is 4.90 Å². The van der Waals surface area contributed by atoms with Gasteiger partial charge in [0.15, 0.2) is 0 Å². The van der Waals surface area contributed by atoms with Gasteiger partial charge in [0, 0.05) is 16.6 Å². The molecule has 0 saturated carbocycles. The van der Waals surface area contributed by atoms with E-state index in [0.29, 0.717) is 22.5 Å². The minimum atomic E-state index is -3.87. The second-order valence-electron chi connectivity index (χ2n) is 5.54. The first-order valence-corrected chi connectivity index (χ1v) is 9.47. The molecule has 0 unspecified atom stereocenters. The molecule has 0 spiro atoms. The lowest BCUT2D eigenvalue weighted by Crippen LogP contribution is -2.14. The highest BCUT2D eigenvalue weighted by atomic mass is 35.5. The van der Waals surface area contributed by atoms with Crippen LogP contribution in [0.4, 0.5) is 5.69 Å². The normalized spacial score (nSPS) is 11.6. The molecule has 0 radical (unpaired) electrons. The van der Waals surface area contributed by atoms with Crippen LogP contribution in [0.3, 0.4) is 0 Å². The quantitative estimate of drug-likeness (QED) is 0.564. The van der Waals surface area contributed by atoms with Crippen molar-refractivity contribution < 1.29 is 12.9 Å². The summed E-state index contributed by atoms with van der Waals surface area (Å²) < 4.78 is 33.1. The molecule has 0 amide bonds. The molecule has 0 atom stereocenters. The summed E-state index contributed by atoms with van der Waals surface area (Å²) in [5, 5.41) is 5.27. The van der Waals surface area contributed by atoms with Gasteiger partial charge in [0.2, 0.25) is 12.2 Å². The SMILES string of the molecule is O=S(=O)(Nc1ccc(-c2ncon2)cc1)c1c(Cl)ccc2ccccc12. The summed E-state index contributed by atoms with van der Waals surface area (Å²) >= 11 is 6.20. The van der Waals surface area contributed by atoms with Crippen molar-refractivity contribution in [1.29, 1.82) is 0 Å². The third-order valence-electron chi connectivity index (χ3n) is 3.86. The van der Waals surface area contributed by atoms with Crippen molar-refractivity contribution in [3.05, 3.63) is 72.1 Å². The number of halogens is 1. The van der Waals surface area contributed by atoms with Gasteiger partial charge in [-0.25, -0.2) is 8.42 Å². The molecule has 3 aromatic carbocycles. The van der Waals surface area contributed by atoms with Gasteiger partial charge in [0.25, 0.3) is 10.0 Å². The number of rotatable bonds is 4. The standard InChI is InChI=1S/C18H12ClN3O3S/c19-16-10-7-12-3-1-2-4-15(12)17(16)26(23,24)22-14-8-5-13(6-9-14)18-20-11-25-21-18/h1-11,22H. The highest BCUT2D eigenvalue weighted by Gasteiger charge is 2.21. The summed E-state index contributed by atoms with van der Waals surface area (Å²) in [5.74, 6) is 0.427.